The Morgan fingerprint density at radius 3 is 2.64 bits per heavy atom. The highest BCUT2D eigenvalue weighted by molar-refractivity contribution is 6.32. The molecule has 0 spiro atoms. The maximum Gasteiger partial charge on any atom is 0.129 e. The molecule has 0 heterocycles. The van der Waals surface area contributed by atoms with E-state index in [-0.39, 0.29) is 17.2 Å². The summed E-state index contributed by atoms with van der Waals surface area (Å²) in [6.45, 7) is 2.95. The molecule has 2 nitrogen and oxygen atoms in total. The minimum Gasteiger partial charge on any atom is -0.394 e. The summed E-state index contributed by atoms with van der Waals surface area (Å²) in [6, 6.07) is 2.88. The van der Waals surface area contributed by atoms with Gasteiger partial charge in [-0.2, -0.15) is 0 Å². The molecule has 0 aromatic heterocycles. The number of hydrogen-bond donors (Lipinski definition) is 2. The van der Waals surface area contributed by atoms with Gasteiger partial charge < -0.3 is 10.8 Å². The lowest BCUT2D eigenvalue weighted by atomic mass is 9.92. The Hall–Kier alpha value is -0.640. The predicted octanol–water partition coefficient (Wildman–Crippen LogP) is 1.95. The second-order valence-corrected chi connectivity index (χ2v) is 4.01. The smallest absolute Gasteiger partial charge is 0.129 e. The molecule has 0 saturated heterocycles. The van der Waals surface area contributed by atoms with E-state index in [2.05, 4.69) is 0 Å². The quantitative estimate of drug-likeness (QED) is 0.796. The van der Waals surface area contributed by atoms with Gasteiger partial charge in [-0.3, -0.25) is 0 Å². The number of nitrogens with two attached hydrogens (primary N) is 1. The van der Waals surface area contributed by atoms with Crippen LogP contribution in [0.4, 0.5) is 4.39 Å². The normalized spacial score (nSPS) is 15.3. The molecule has 1 rings (SSSR count). The van der Waals surface area contributed by atoms with Gasteiger partial charge in [0.1, 0.15) is 5.82 Å². The molecule has 1 aromatic carbocycles. The zero-order valence-electron chi connectivity index (χ0n) is 8.14. The monoisotopic (exact) mass is 217 g/mol. The van der Waals surface area contributed by atoms with Crippen LogP contribution >= 0.6 is 11.6 Å². The number of aliphatic hydroxyl groups excluding tert-OH is 1. The molecule has 0 unspecified atom stereocenters. The molecule has 0 aliphatic carbocycles. The van der Waals surface area contributed by atoms with Crippen molar-refractivity contribution < 1.29 is 9.50 Å². The lowest BCUT2D eigenvalue weighted by molar-refractivity contribution is 0.206. The van der Waals surface area contributed by atoms with Crippen LogP contribution in [0.15, 0.2) is 12.1 Å². The Bertz CT molecular complexity index is 352. The number of aliphatic hydroxyl groups is 1. The number of hydrogen-bond acceptors (Lipinski definition) is 2. The van der Waals surface area contributed by atoms with Crippen LogP contribution in [0.25, 0.3) is 0 Å². The van der Waals surface area contributed by atoms with Gasteiger partial charge in [0.25, 0.3) is 0 Å². The van der Waals surface area contributed by atoms with Crippen molar-refractivity contribution >= 4 is 11.6 Å². The van der Waals surface area contributed by atoms with Crippen molar-refractivity contribution in [2.45, 2.75) is 19.4 Å². The fourth-order valence-corrected chi connectivity index (χ4v) is 1.63. The van der Waals surface area contributed by atoms with E-state index >= 15 is 0 Å². The van der Waals surface area contributed by atoms with Crippen molar-refractivity contribution in [1.82, 2.24) is 0 Å². The predicted molar refractivity (Wildman–Crippen MR) is 54.8 cm³/mol. The molecule has 0 bridgehead atoms. The van der Waals surface area contributed by atoms with Crippen LogP contribution in [-0.4, -0.2) is 11.7 Å². The minimum atomic E-state index is -1.15. The van der Waals surface area contributed by atoms with Crippen LogP contribution < -0.4 is 5.73 Å². The first-order valence-electron chi connectivity index (χ1n) is 4.25. The molecule has 0 aliphatic heterocycles. The van der Waals surface area contributed by atoms with E-state index < -0.39 is 11.4 Å². The van der Waals surface area contributed by atoms with E-state index in [1.807, 2.05) is 0 Å². The van der Waals surface area contributed by atoms with Crippen molar-refractivity contribution in [1.29, 1.82) is 0 Å². The fraction of sp³-hybridized carbons (Fsp3) is 0.400. The van der Waals surface area contributed by atoms with E-state index in [0.29, 0.717) is 0 Å². The van der Waals surface area contributed by atoms with Crippen molar-refractivity contribution in [3.63, 3.8) is 0 Å². The SMILES string of the molecule is Cc1ccc(F)c([C@@](C)(N)CO)c1Cl. The highest BCUT2D eigenvalue weighted by Gasteiger charge is 2.27. The maximum absolute atomic E-state index is 13.4. The van der Waals surface area contributed by atoms with Gasteiger partial charge in [-0.25, -0.2) is 4.39 Å². The fourth-order valence-electron chi connectivity index (χ4n) is 1.26. The van der Waals surface area contributed by atoms with Crippen LogP contribution in [0.5, 0.6) is 0 Å². The second kappa shape index (κ2) is 3.85. The molecule has 3 N–H and O–H groups in total. The topological polar surface area (TPSA) is 46.2 Å². The Labute approximate surface area is 87.5 Å². The first kappa shape index (κ1) is 11.4. The summed E-state index contributed by atoms with van der Waals surface area (Å²) >= 11 is 5.93. The first-order chi connectivity index (χ1) is 6.40. The van der Waals surface area contributed by atoms with E-state index in [0.717, 1.165) is 5.56 Å². The lowest BCUT2D eigenvalue weighted by Crippen LogP contribution is -2.38. The number of aryl methyl sites for hydroxylation is 1. The Kier molecular flexibility index (Phi) is 3.14. The third-order valence-electron chi connectivity index (χ3n) is 2.18. The molecular formula is C10H13ClFNO. The summed E-state index contributed by atoms with van der Waals surface area (Å²) in [4.78, 5) is 0. The second-order valence-electron chi connectivity index (χ2n) is 3.63. The maximum atomic E-state index is 13.4. The van der Waals surface area contributed by atoms with E-state index in [1.165, 1.54) is 13.0 Å². The first-order valence-corrected chi connectivity index (χ1v) is 4.63. The van der Waals surface area contributed by atoms with Gasteiger partial charge >= 0.3 is 0 Å². The Balaban J connectivity index is 3.40. The molecule has 4 heteroatoms. The summed E-state index contributed by atoms with van der Waals surface area (Å²) in [5, 5.41) is 9.32. The number of halogens is 2. The minimum absolute atomic E-state index is 0.168. The van der Waals surface area contributed by atoms with Gasteiger partial charge in [0, 0.05) is 5.56 Å². The summed E-state index contributed by atoms with van der Waals surface area (Å²) in [5.41, 5.74) is 5.50. The highest BCUT2D eigenvalue weighted by atomic mass is 35.5. The van der Waals surface area contributed by atoms with Crippen molar-refractivity contribution in [2.24, 2.45) is 5.73 Å². The van der Waals surface area contributed by atoms with E-state index in [9.17, 15) is 4.39 Å². The summed E-state index contributed by atoms with van der Waals surface area (Å²) in [5.74, 6) is -0.486. The van der Waals surface area contributed by atoms with Crippen LogP contribution in [0.3, 0.4) is 0 Å². The molecule has 0 aliphatic rings. The molecule has 14 heavy (non-hydrogen) atoms. The van der Waals surface area contributed by atoms with Crippen LogP contribution in [-0.2, 0) is 5.54 Å². The van der Waals surface area contributed by atoms with Crippen molar-refractivity contribution in [3.05, 3.63) is 34.1 Å². The van der Waals surface area contributed by atoms with Crippen molar-refractivity contribution in [2.75, 3.05) is 6.61 Å². The third kappa shape index (κ3) is 1.90. The van der Waals surface area contributed by atoms with Gasteiger partial charge in [-0.15, -0.1) is 0 Å². The third-order valence-corrected chi connectivity index (χ3v) is 2.67. The van der Waals surface area contributed by atoms with Gasteiger partial charge in [0.2, 0.25) is 0 Å². The average molecular weight is 218 g/mol. The average Bonchev–Trinajstić information content (AvgIpc) is 2.12. The van der Waals surface area contributed by atoms with Crippen LogP contribution in [0.2, 0.25) is 5.02 Å². The van der Waals surface area contributed by atoms with E-state index in [1.54, 1.807) is 13.0 Å². The summed E-state index contributed by atoms with van der Waals surface area (Å²) < 4.78 is 13.4. The van der Waals surface area contributed by atoms with Crippen LogP contribution in [0.1, 0.15) is 18.1 Å². The van der Waals surface area contributed by atoms with Crippen molar-refractivity contribution in [3.8, 4) is 0 Å². The zero-order chi connectivity index (χ0) is 10.9. The highest BCUT2D eigenvalue weighted by Crippen LogP contribution is 2.30. The number of rotatable bonds is 2. The molecule has 0 amide bonds. The Morgan fingerprint density at radius 1 is 1.57 bits per heavy atom. The van der Waals surface area contributed by atoms with Gasteiger partial charge in [0.05, 0.1) is 17.2 Å². The number of benzene rings is 1. The molecule has 1 aromatic rings. The standard InChI is InChI=1S/C10H13ClFNO/c1-6-3-4-7(12)8(9(6)11)10(2,13)5-14/h3-4,14H,5,13H2,1-2H3/t10-/m0/s1. The molecular weight excluding hydrogens is 205 g/mol. The molecule has 1 atom stereocenters. The zero-order valence-corrected chi connectivity index (χ0v) is 8.90. The van der Waals surface area contributed by atoms with Gasteiger partial charge in [-0.05, 0) is 25.5 Å². The van der Waals surface area contributed by atoms with Gasteiger partial charge in [-0.1, -0.05) is 17.7 Å². The summed E-state index contributed by atoms with van der Waals surface area (Å²) in [6.07, 6.45) is 0. The van der Waals surface area contributed by atoms with Gasteiger partial charge in [0.15, 0.2) is 0 Å². The lowest BCUT2D eigenvalue weighted by Gasteiger charge is -2.24. The van der Waals surface area contributed by atoms with Crippen LogP contribution in [0, 0.1) is 12.7 Å². The summed E-state index contributed by atoms with van der Waals surface area (Å²) in [7, 11) is 0. The van der Waals surface area contributed by atoms with E-state index in [4.69, 9.17) is 22.4 Å². The Morgan fingerprint density at radius 2 is 2.14 bits per heavy atom. The molecule has 0 saturated carbocycles. The molecule has 0 radical (unpaired) electrons. The molecule has 78 valence electrons. The molecule has 0 fully saturated rings. The largest absolute Gasteiger partial charge is 0.394 e.